The average molecular weight is 248 g/mol. The van der Waals surface area contributed by atoms with Crippen molar-refractivity contribution in [2.75, 3.05) is 6.44 Å². The van der Waals surface area contributed by atoms with Gasteiger partial charge in [-0.05, 0) is 25.2 Å². The highest BCUT2D eigenvalue weighted by Crippen LogP contribution is 2.44. The monoisotopic (exact) mass is 248 g/mol. The van der Waals surface area contributed by atoms with Gasteiger partial charge < -0.3 is 17.8 Å². The Morgan fingerprint density at radius 2 is 1.65 bits per heavy atom. The van der Waals surface area contributed by atoms with Crippen LogP contribution in [0.15, 0.2) is 0 Å². The summed E-state index contributed by atoms with van der Waals surface area (Å²) >= 11 is 0. The molecule has 0 radical (unpaired) electrons. The molecule has 1 heterocycles. The average Bonchev–Trinajstić information content (AvgIpc) is 2.73. The van der Waals surface area contributed by atoms with E-state index in [2.05, 4.69) is 0 Å². The number of imide groups is 1. The van der Waals surface area contributed by atoms with Crippen molar-refractivity contribution in [3.63, 3.8) is 0 Å². The fourth-order valence-electron chi connectivity index (χ4n) is 2.92. The second-order valence-corrected chi connectivity index (χ2v) is 4.96. The molecule has 1 saturated heterocycles. The van der Waals surface area contributed by atoms with E-state index < -0.39 is 37.1 Å². The molecular weight excluding hydrogens is 234 g/mol. The van der Waals surface area contributed by atoms with E-state index >= 15 is 0 Å². The minimum absolute atomic E-state index is 0.302. The van der Waals surface area contributed by atoms with Gasteiger partial charge in [-0.2, -0.15) is 0 Å². The van der Waals surface area contributed by atoms with Crippen molar-refractivity contribution in [2.24, 2.45) is 17.8 Å². The van der Waals surface area contributed by atoms with E-state index in [0.717, 1.165) is 6.42 Å². The van der Waals surface area contributed by atoms with Crippen molar-refractivity contribution in [2.45, 2.75) is 26.2 Å². The maximum atomic E-state index is 12.3. The summed E-state index contributed by atoms with van der Waals surface area (Å²) in [5.74, 6) is -1.92. The van der Waals surface area contributed by atoms with Gasteiger partial charge in [-0.25, -0.2) is 0 Å². The van der Waals surface area contributed by atoms with Crippen LogP contribution in [0.3, 0.4) is 0 Å². The minimum Gasteiger partial charge on any atom is -0.448 e. The molecule has 0 bridgehead atoms. The van der Waals surface area contributed by atoms with E-state index in [4.69, 9.17) is 0 Å². The number of nitrogens with zero attached hydrogens (tertiary/aromatic N) is 1. The van der Waals surface area contributed by atoms with E-state index in [1.165, 1.54) is 0 Å². The molecule has 0 spiro atoms. The first kappa shape index (κ1) is 12.5. The molecular formula is C10H14BF3NO2-. The number of likely N-dealkylation sites (tertiary alicyclic amines) is 1. The summed E-state index contributed by atoms with van der Waals surface area (Å²) in [6.45, 7) is -3.16. The third-order valence-corrected chi connectivity index (χ3v) is 3.79. The first-order valence-corrected chi connectivity index (χ1v) is 5.89. The van der Waals surface area contributed by atoms with Crippen LogP contribution >= 0.6 is 0 Å². The zero-order chi connectivity index (χ0) is 12.8. The maximum absolute atomic E-state index is 12.3. The summed E-state index contributed by atoms with van der Waals surface area (Å²) in [6, 6.07) is 0. The van der Waals surface area contributed by atoms with Gasteiger partial charge in [-0.3, -0.25) is 9.59 Å². The quantitative estimate of drug-likeness (QED) is 0.564. The van der Waals surface area contributed by atoms with E-state index in [9.17, 15) is 22.5 Å². The first-order chi connectivity index (χ1) is 7.83. The van der Waals surface area contributed by atoms with Crippen LogP contribution in [0.2, 0.25) is 0 Å². The molecule has 0 aromatic rings. The zero-order valence-electron chi connectivity index (χ0n) is 9.54. The van der Waals surface area contributed by atoms with Gasteiger partial charge in [0.1, 0.15) is 0 Å². The van der Waals surface area contributed by atoms with Crippen LogP contribution in [0.4, 0.5) is 12.9 Å². The van der Waals surface area contributed by atoms with Crippen molar-refractivity contribution in [3.05, 3.63) is 0 Å². The Kier molecular flexibility index (Phi) is 2.95. The fourth-order valence-corrected chi connectivity index (χ4v) is 2.92. The smallest absolute Gasteiger partial charge is 0.448 e. The minimum atomic E-state index is -5.13. The van der Waals surface area contributed by atoms with Crippen molar-refractivity contribution < 1.29 is 22.5 Å². The predicted octanol–water partition coefficient (Wildman–Crippen LogP) is 1.79. The third-order valence-electron chi connectivity index (χ3n) is 3.79. The van der Waals surface area contributed by atoms with Gasteiger partial charge in [0, 0.05) is 0 Å². The highest BCUT2D eigenvalue weighted by molar-refractivity contribution is 6.59. The highest BCUT2D eigenvalue weighted by atomic mass is 19.4. The molecule has 0 N–H and O–H groups in total. The van der Waals surface area contributed by atoms with Gasteiger partial charge in [0.25, 0.3) is 0 Å². The Labute approximate surface area is 97.4 Å². The number of amides is 2. The van der Waals surface area contributed by atoms with Crippen LogP contribution in [0, 0.1) is 17.8 Å². The zero-order valence-corrected chi connectivity index (χ0v) is 9.54. The van der Waals surface area contributed by atoms with Crippen molar-refractivity contribution in [1.82, 2.24) is 4.90 Å². The molecule has 96 valence electrons. The molecule has 2 atom stereocenters. The van der Waals surface area contributed by atoms with Gasteiger partial charge >= 0.3 is 6.98 Å². The second-order valence-electron chi connectivity index (χ2n) is 4.96. The van der Waals surface area contributed by atoms with Crippen LogP contribution < -0.4 is 0 Å². The predicted molar refractivity (Wildman–Crippen MR) is 55.8 cm³/mol. The Hall–Kier alpha value is -1.01. The molecule has 1 aliphatic heterocycles. The van der Waals surface area contributed by atoms with E-state index in [-0.39, 0.29) is 0 Å². The Balaban J connectivity index is 2.11. The Morgan fingerprint density at radius 1 is 1.18 bits per heavy atom. The maximum Gasteiger partial charge on any atom is 0.497 e. The lowest BCUT2D eigenvalue weighted by Gasteiger charge is -2.23. The molecule has 1 saturated carbocycles. The van der Waals surface area contributed by atoms with Crippen LogP contribution in [0.5, 0.6) is 0 Å². The lowest BCUT2D eigenvalue weighted by Crippen LogP contribution is -2.42. The molecule has 7 heteroatoms. The first-order valence-electron chi connectivity index (χ1n) is 5.89. The molecule has 3 nitrogen and oxygen atoms in total. The molecule has 2 amide bonds. The van der Waals surface area contributed by atoms with Crippen LogP contribution in [0.25, 0.3) is 0 Å². The van der Waals surface area contributed by atoms with Crippen LogP contribution in [0.1, 0.15) is 26.2 Å². The number of rotatable bonds is 3. The van der Waals surface area contributed by atoms with E-state index in [1.807, 2.05) is 6.92 Å². The van der Waals surface area contributed by atoms with Crippen molar-refractivity contribution in [3.8, 4) is 0 Å². The number of carbonyl (C=O) groups is 2. The number of fused-ring (bicyclic) bond motifs is 1. The normalized spacial score (nSPS) is 33.4. The molecule has 1 aliphatic carbocycles. The summed E-state index contributed by atoms with van der Waals surface area (Å²) in [6.07, 6.45) is 0.623. The van der Waals surface area contributed by atoms with Crippen LogP contribution in [-0.4, -0.2) is 30.1 Å². The molecule has 2 rings (SSSR count). The SMILES string of the molecule is CCC1CC2C(=O)N(C[B-](F)(F)F)C(=O)C2C1. The molecule has 2 fully saturated rings. The summed E-state index contributed by atoms with van der Waals surface area (Å²) in [7, 11) is 0. The molecule has 2 aliphatic rings. The van der Waals surface area contributed by atoms with E-state index in [0.29, 0.717) is 23.7 Å². The van der Waals surface area contributed by atoms with Gasteiger partial charge in [0.05, 0.1) is 11.8 Å². The molecule has 0 aromatic heterocycles. The number of carbonyl (C=O) groups excluding carboxylic acids is 2. The second kappa shape index (κ2) is 4.03. The molecule has 2 unspecified atom stereocenters. The fraction of sp³-hybridized carbons (Fsp3) is 0.800. The summed E-state index contributed by atoms with van der Waals surface area (Å²) in [5, 5.41) is 0. The summed E-state index contributed by atoms with van der Waals surface area (Å²) < 4.78 is 36.9. The van der Waals surface area contributed by atoms with Gasteiger partial charge in [-0.15, -0.1) is 0 Å². The third kappa shape index (κ3) is 2.19. The van der Waals surface area contributed by atoms with Crippen molar-refractivity contribution >= 4 is 18.8 Å². The summed E-state index contributed by atoms with van der Waals surface area (Å²) in [4.78, 5) is 23.9. The topological polar surface area (TPSA) is 37.4 Å². The van der Waals surface area contributed by atoms with Crippen molar-refractivity contribution in [1.29, 1.82) is 0 Å². The number of halogens is 3. The van der Waals surface area contributed by atoms with E-state index in [1.54, 1.807) is 0 Å². The lowest BCUT2D eigenvalue weighted by molar-refractivity contribution is -0.139. The van der Waals surface area contributed by atoms with Crippen LogP contribution in [-0.2, 0) is 9.59 Å². The number of hydrogen-bond acceptors (Lipinski definition) is 2. The van der Waals surface area contributed by atoms with Gasteiger partial charge in [-0.1, -0.05) is 13.3 Å². The Bertz CT molecular complexity index is 334. The van der Waals surface area contributed by atoms with Gasteiger partial charge in [0.2, 0.25) is 11.8 Å². The Morgan fingerprint density at radius 3 is 2.00 bits per heavy atom. The molecule has 0 aromatic carbocycles. The lowest BCUT2D eigenvalue weighted by atomic mass is 9.91. The highest BCUT2D eigenvalue weighted by Gasteiger charge is 2.53. The standard InChI is InChI=1S/C10H14BF3NO2/c1-2-6-3-7-8(4-6)10(17)15(9(7)16)5-11(12,13)14/h6-8H,2-5H2,1H3/q-1. The summed E-state index contributed by atoms with van der Waals surface area (Å²) in [5.41, 5.74) is 0. The molecule has 17 heavy (non-hydrogen) atoms. The largest absolute Gasteiger partial charge is 0.497 e. The number of hydrogen-bond donors (Lipinski definition) is 0. The van der Waals surface area contributed by atoms with Gasteiger partial charge in [0.15, 0.2) is 0 Å².